The molecular formula is C20H21N3O. The van der Waals surface area contributed by atoms with E-state index < -0.39 is 0 Å². The van der Waals surface area contributed by atoms with Crippen molar-refractivity contribution < 1.29 is 0 Å². The monoisotopic (exact) mass is 319 g/mol. The summed E-state index contributed by atoms with van der Waals surface area (Å²) in [4.78, 5) is 11.9. The number of hydrogen-bond donors (Lipinski definition) is 2. The number of aromatic nitrogens is 2. The number of nitrogens with zero attached hydrogens (tertiary/aromatic N) is 1. The molecule has 4 nitrogen and oxygen atoms in total. The first-order valence-corrected chi connectivity index (χ1v) is 8.61. The SMILES string of the molecule is Nc1cc(-c2n[nH]c(=O)c3ccccc23)ccc1C1CCCCC1. The first kappa shape index (κ1) is 14.9. The molecule has 1 heterocycles. The Kier molecular flexibility index (Phi) is 3.81. The molecule has 3 N–H and O–H groups in total. The van der Waals surface area contributed by atoms with Gasteiger partial charge in [0.05, 0.1) is 11.1 Å². The molecule has 1 saturated carbocycles. The summed E-state index contributed by atoms with van der Waals surface area (Å²) < 4.78 is 0. The Bertz CT molecular complexity index is 939. The van der Waals surface area contributed by atoms with E-state index >= 15 is 0 Å². The number of nitrogens with one attached hydrogen (secondary N) is 1. The van der Waals surface area contributed by atoms with Crippen LogP contribution in [-0.4, -0.2) is 10.2 Å². The van der Waals surface area contributed by atoms with E-state index in [4.69, 9.17) is 5.73 Å². The number of benzene rings is 2. The number of nitrogen functional groups attached to an aromatic ring is 1. The van der Waals surface area contributed by atoms with E-state index in [0.29, 0.717) is 11.3 Å². The lowest BCUT2D eigenvalue weighted by Crippen LogP contribution is -2.10. The molecule has 4 rings (SSSR count). The van der Waals surface area contributed by atoms with Gasteiger partial charge < -0.3 is 5.73 Å². The van der Waals surface area contributed by atoms with Gasteiger partial charge in [-0.05, 0) is 36.5 Å². The lowest BCUT2D eigenvalue weighted by Gasteiger charge is -2.23. The Balaban J connectivity index is 1.79. The van der Waals surface area contributed by atoms with Crippen molar-refractivity contribution in [1.82, 2.24) is 10.2 Å². The van der Waals surface area contributed by atoms with Gasteiger partial charge in [0.1, 0.15) is 0 Å². The van der Waals surface area contributed by atoms with E-state index in [0.717, 1.165) is 22.3 Å². The Morgan fingerprint density at radius 1 is 1.00 bits per heavy atom. The van der Waals surface area contributed by atoms with Crippen molar-refractivity contribution in [2.24, 2.45) is 0 Å². The minimum absolute atomic E-state index is 0.166. The minimum atomic E-state index is -0.166. The average Bonchev–Trinajstić information content (AvgIpc) is 2.63. The van der Waals surface area contributed by atoms with Crippen LogP contribution in [0.1, 0.15) is 43.6 Å². The largest absolute Gasteiger partial charge is 0.398 e. The van der Waals surface area contributed by atoms with Crippen molar-refractivity contribution in [3.63, 3.8) is 0 Å². The Morgan fingerprint density at radius 3 is 2.50 bits per heavy atom. The fourth-order valence-corrected chi connectivity index (χ4v) is 3.84. The second-order valence-corrected chi connectivity index (χ2v) is 6.63. The standard InChI is InChI=1S/C20H21N3O/c21-18-12-14(10-11-15(18)13-6-2-1-3-7-13)19-16-8-4-5-9-17(16)20(24)23-22-19/h4-5,8-13H,1-3,6-7,21H2,(H,23,24). The third kappa shape index (κ3) is 2.58. The first-order valence-electron chi connectivity index (χ1n) is 8.61. The highest BCUT2D eigenvalue weighted by Gasteiger charge is 2.18. The van der Waals surface area contributed by atoms with Gasteiger partial charge in [-0.15, -0.1) is 0 Å². The molecule has 0 radical (unpaired) electrons. The maximum atomic E-state index is 11.9. The maximum absolute atomic E-state index is 11.9. The molecule has 0 atom stereocenters. The molecule has 2 aromatic carbocycles. The lowest BCUT2D eigenvalue weighted by atomic mass is 9.83. The lowest BCUT2D eigenvalue weighted by molar-refractivity contribution is 0.444. The van der Waals surface area contributed by atoms with Crippen LogP contribution in [0.15, 0.2) is 47.3 Å². The van der Waals surface area contributed by atoms with Crippen molar-refractivity contribution in [1.29, 1.82) is 0 Å². The van der Waals surface area contributed by atoms with Crippen molar-refractivity contribution in [2.75, 3.05) is 5.73 Å². The van der Waals surface area contributed by atoms with Crippen LogP contribution in [0.2, 0.25) is 0 Å². The molecule has 3 aromatic rings. The fraction of sp³-hybridized carbons (Fsp3) is 0.300. The van der Waals surface area contributed by atoms with Gasteiger partial charge in [-0.2, -0.15) is 5.10 Å². The van der Waals surface area contributed by atoms with E-state index in [1.807, 2.05) is 30.3 Å². The van der Waals surface area contributed by atoms with Crippen LogP contribution in [0.3, 0.4) is 0 Å². The molecule has 24 heavy (non-hydrogen) atoms. The Labute approximate surface area is 140 Å². The highest BCUT2D eigenvalue weighted by atomic mass is 16.1. The third-order valence-electron chi connectivity index (χ3n) is 5.10. The van der Waals surface area contributed by atoms with Gasteiger partial charge in [0, 0.05) is 16.6 Å². The quantitative estimate of drug-likeness (QED) is 0.695. The summed E-state index contributed by atoms with van der Waals surface area (Å²) in [6.45, 7) is 0. The van der Waals surface area contributed by atoms with Crippen LogP contribution in [0.4, 0.5) is 5.69 Å². The Hall–Kier alpha value is -2.62. The number of anilines is 1. The van der Waals surface area contributed by atoms with Gasteiger partial charge in [0.25, 0.3) is 5.56 Å². The molecule has 1 aliphatic carbocycles. The Morgan fingerprint density at radius 2 is 1.75 bits per heavy atom. The topological polar surface area (TPSA) is 71.8 Å². The first-order chi connectivity index (χ1) is 11.7. The summed E-state index contributed by atoms with van der Waals surface area (Å²) in [5.74, 6) is 0.577. The van der Waals surface area contributed by atoms with Crippen LogP contribution >= 0.6 is 0 Å². The highest BCUT2D eigenvalue weighted by Crippen LogP contribution is 2.37. The summed E-state index contributed by atoms with van der Waals surface area (Å²) in [6, 6.07) is 13.7. The van der Waals surface area contributed by atoms with Crippen LogP contribution in [0.5, 0.6) is 0 Å². The smallest absolute Gasteiger partial charge is 0.272 e. The van der Waals surface area contributed by atoms with Crippen molar-refractivity contribution >= 4 is 16.5 Å². The molecule has 0 amide bonds. The predicted octanol–water partition coefficient (Wildman–Crippen LogP) is 4.22. The van der Waals surface area contributed by atoms with E-state index in [2.05, 4.69) is 22.3 Å². The van der Waals surface area contributed by atoms with E-state index in [9.17, 15) is 4.79 Å². The van der Waals surface area contributed by atoms with E-state index in [1.165, 1.54) is 37.7 Å². The fourth-order valence-electron chi connectivity index (χ4n) is 3.84. The van der Waals surface area contributed by atoms with Gasteiger partial charge in [0.2, 0.25) is 0 Å². The van der Waals surface area contributed by atoms with Crippen LogP contribution < -0.4 is 11.3 Å². The summed E-state index contributed by atoms with van der Waals surface area (Å²) in [6.07, 6.45) is 6.37. The number of H-pyrrole nitrogens is 1. The van der Waals surface area contributed by atoms with Crippen molar-refractivity contribution in [2.45, 2.75) is 38.0 Å². The number of fused-ring (bicyclic) bond motifs is 1. The molecule has 4 heteroatoms. The predicted molar refractivity (Wildman–Crippen MR) is 98.0 cm³/mol. The van der Waals surface area contributed by atoms with Crippen molar-refractivity contribution in [3.05, 3.63) is 58.4 Å². The second-order valence-electron chi connectivity index (χ2n) is 6.63. The average molecular weight is 319 g/mol. The highest BCUT2D eigenvalue weighted by molar-refractivity contribution is 5.94. The maximum Gasteiger partial charge on any atom is 0.272 e. The van der Waals surface area contributed by atoms with E-state index in [-0.39, 0.29) is 5.56 Å². The minimum Gasteiger partial charge on any atom is -0.398 e. The number of rotatable bonds is 2. The second kappa shape index (κ2) is 6.11. The molecule has 1 fully saturated rings. The molecule has 0 saturated heterocycles. The zero-order chi connectivity index (χ0) is 16.5. The molecule has 0 unspecified atom stereocenters. The molecule has 0 bridgehead atoms. The molecule has 1 aliphatic rings. The summed E-state index contributed by atoms with van der Waals surface area (Å²) in [7, 11) is 0. The van der Waals surface area contributed by atoms with Crippen LogP contribution in [0.25, 0.3) is 22.0 Å². The summed E-state index contributed by atoms with van der Waals surface area (Å²) >= 11 is 0. The molecule has 1 aromatic heterocycles. The molecular weight excluding hydrogens is 298 g/mol. The van der Waals surface area contributed by atoms with Gasteiger partial charge in [-0.25, -0.2) is 5.10 Å². The molecule has 0 aliphatic heterocycles. The number of nitrogens with two attached hydrogens (primary N) is 1. The van der Waals surface area contributed by atoms with Gasteiger partial charge in [0.15, 0.2) is 0 Å². The summed E-state index contributed by atoms with van der Waals surface area (Å²) in [5, 5.41) is 8.36. The van der Waals surface area contributed by atoms with Crippen LogP contribution in [0, 0.1) is 0 Å². The molecule has 0 spiro atoms. The van der Waals surface area contributed by atoms with Crippen LogP contribution in [-0.2, 0) is 0 Å². The molecule has 122 valence electrons. The normalized spacial score (nSPS) is 15.7. The zero-order valence-corrected chi connectivity index (χ0v) is 13.6. The third-order valence-corrected chi connectivity index (χ3v) is 5.10. The van der Waals surface area contributed by atoms with E-state index in [1.54, 1.807) is 0 Å². The number of hydrogen-bond acceptors (Lipinski definition) is 3. The number of aromatic amines is 1. The van der Waals surface area contributed by atoms with Gasteiger partial charge in [-0.1, -0.05) is 49.6 Å². The zero-order valence-electron chi connectivity index (χ0n) is 13.6. The summed E-state index contributed by atoms with van der Waals surface area (Å²) in [5.41, 5.74) is 10.00. The van der Waals surface area contributed by atoms with Gasteiger partial charge >= 0.3 is 0 Å². The van der Waals surface area contributed by atoms with Gasteiger partial charge in [-0.3, -0.25) is 4.79 Å². The van der Waals surface area contributed by atoms with Crippen molar-refractivity contribution in [3.8, 4) is 11.3 Å².